The van der Waals surface area contributed by atoms with Gasteiger partial charge in [0.05, 0.1) is 20.3 Å². The second kappa shape index (κ2) is 3.92. The first-order chi connectivity index (χ1) is 7.53. The Balaban J connectivity index is 2.50. The Bertz CT molecular complexity index is 421. The van der Waals surface area contributed by atoms with Gasteiger partial charge in [-0.15, -0.1) is 0 Å². The standard InChI is InChI=1S/C11H16N2O3/c1-8-7-9(14)12-11(15)10(8)13(2)3-5-16-6-4-13/h7H,3-6H2,1-2H3,(H-,12,14,15)/p+1. The van der Waals surface area contributed by atoms with Crippen LogP contribution in [0.25, 0.3) is 0 Å². The minimum atomic E-state index is -0.265. The van der Waals surface area contributed by atoms with Gasteiger partial charge >= 0.3 is 0 Å². The Morgan fingerprint density at radius 1 is 1.44 bits per heavy atom. The maximum absolute atomic E-state index is 11.2. The molecule has 16 heavy (non-hydrogen) atoms. The summed E-state index contributed by atoms with van der Waals surface area (Å²) in [5.74, 6) is -0.0191. The number of morpholine rings is 1. The van der Waals surface area contributed by atoms with E-state index in [1.807, 2.05) is 14.0 Å². The molecule has 0 aliphatic carbocycles. The lowest BCUT2D eigenvalue weighted by atomic mass is 10.1. The van der Waals surface area contributed by atoms with Crippen molar-refractivity contribution in [2.75, 3.05) is 33.4 Å². The monoisotopic (exact) mass is 225 g/mol. The van der Waals surface area contributed by atoms with Gasteiger partial charge in [0.2, 0.25) is 0 Å². The number of H-pyrrole nitrogens is 1. The molecule has 0 radical (unpaired) electrons. The molecule has 2 rings (SSSR count). The van der Waals surface area contributed by atoms with Crippen LogP contribution in [0.15, 0.2) is 10.9 Å². The first kappa shape index (κ1) is 11.2. The highest BCUT2D eigenvalue weighted by Gasteiger charge is 2.33. The van der Waals surface area contributed by atoms with Crippen LogP contribution < -0.4 is 10.0 Å². The lowest BCUT2D eigenvalue weighted by Crippen LogP contribution is -2.53. The van der Waals surface area contributed by atoms with E-state index in [1.165, 1.54) is 6.07 Å². The normalized spacial score (nSPS) is 19.6. The molecule has 1 aliphatic heterocycles. The summed E-state index contributed by atoms with van der Waals surface area (Å²) in [6, 6.07) is 1.52. The van der Waals surface area contributed by atoms with Crippen molar-refractivity contribution in [1.29, 1.82) is 0 Å². The number of nitrogens with zero attached hydrogens (tertiary/aromatic N) is 1. The second-order valence-electron chi connectivity index (χ2n) is 4.47. The molecule has 0 aromatic carbocycles. The molecule has 88 valence electrons. The lowest BCUT2D eigenvalue weighted by Gasteiger charge is -2.37. The zero-order valence-corrected chi connectivity index (χ0v) is 9.62. The molecule has 1 aromatic rings. The van der Waals surface area contributed by atoms with E-state index >= 15 is 0 Å². The molecule has 2 heterocycles. The smallest absolute Gasteiger partial charge is 0.255 e. The van der Waals surface area contributed by atoms with E-state index in [-0.39, 0.29) is 11.4 Å². The molecule has 5 nitrogen and oxygen atoms in total. The topological polar surface area (TPSA) is 62.3 Å². The van der Waals surface area contributed by atoms with E-state index in [0.717, 1.165) is 24.3 Å². The van der Waals surface area contributed by atoms with Crippen molar-refractivity contribution in [3.05, 3.63) is 22.0 Å². The number of pyridine rings is 1. The number of nitrogens with one attached hydrogen (secondary N) is 1. The Hall–Kier alpha value is -1.33. The minimum Gasteiger partial charge on any atom is -0.490 e. The van der Waals surface area contributed by atoms with E-state index in [1.54, 1.807) is 0 Å². The molecular weight excluding hydrogens is 208 g/mol. The number of likely N-dealkylation sites (N-methyl/N-ethyl adjacent to an activating group) is 1. The van der Waals surface area contributed by atoms with Crippen LogP contribution in [0, 0.1) is 6.92 Å². The van der Waals surface area contributed by atoms with Crippen molar-refractivity contribution >= 4 is 5.69 Å². The SMILES string of the molecule is Cc1cc(=O)[nH]c(O)c1[N+]1(C)CCOCC1. The van der Waals surface area contributed by atoms with Gasteiger partial charge in [-0.25, -0.2) is 0 Å². The van der Waals surface area contributed by atoms with E-state index in [4.69, 9.17) is 4.74 Å². The molecule has 0 amide bonds. The van der Waals surface area contributed by atoms with Gasteiger partial charge in [-0.05, 0) is 6.92 Å². The first-order valence-corrected chi connectivity index (χ1v) is 5.39. The van der Waals surface area contributed by atoms with Crippen LogP contribution in [0.5, 0.6) is 5.88 Å². The lowest BCUT2D eigenvalue weighted by molar-refractivity contribution is 0.0514. The zero-order chi connectivity index (χ0) is 11.8. The number of aromatic hydroxyl groups is 1. The summed E-state index contributed by atoms with van der Waals surface area (Å²) in [6.07, 6.45) is 0. The number of rotatable bonds is 1. The molecule has 5 heteroatoms. The number of ether oxygens (including phenoxy) is 1. The van der Waals surface area contributed by atoms with Gasteiger partial charge in [0.1, 0.15) is 13.1 Å². The van der Waals surface area contributed by atoms with Gasteiger partial charge in [0.25, 0.3) is 11.4 Å². The molecule has 1 aromatic heterocycles. The highest BCUT2D eigenvalue weighted by Crippen LogP contribution is 2.32. The summed E-state index contributed by atoms with van der Waals surface area (Å²) < 4.78 is 5.93. The Kier molecular flexibility index (Phi) is 2.73. The van der Waals surface area contributed by atoms with E-state index in [0.29, 0.717) is 17.7 Å². The summed E-state index contributed by atoms with van der Waals surface area (Å²) >= 11 is 0. The molecule has 0 unspecified atom stereocenters. The van der Waals surface area contributed by atoms with E-state index in [9.17, 15) is 9.90 Å². The molecule has 1 fully saturated rings. The third-order valence-electron chi connectivity index (χ3n) is 3.19. The van der Waals surface area contributed by atoms with Gasteiger partial charge in [-0.2, -0.15) is 0 Å². The molecular formula is C11H17N2O3+. The number of aromatic amines is 1. The predicted octanol–water partition coefficient (Wildman–Crippen LogP) is 0.356. The minimum absolute atomic E-state index is 0.0191. The Morgan fingerprint density at radius 2 is 2.06 bits per heavy atom. The Labute approximate surface area is 93.9 Å². The average molecular weight is 225 g/mol. The van der Waals surface area contributed by atoms with Crippen LogP contribution in [0.2, 0.25) is 0 Å². The maximum Gasteiger partial charge on any atom is 0.255 e. The fraction of sp³-hybridized carbons (Fsp3) is 0.545. The number of hydrogen-bond acceptors (Lipinski definition) is 3. The highest BCUT2D eigenvalue weighted by molar-refractivity contribution is 5.56. The van der Waals surface area contributed by atoms with Gasteiger partial charge in [0.15, 0.2) is 5.69 Å². The molecule has 0 atom stereocenters. The average Bonchev–Trinajstić information content (AvgIpc) is 2.16. The number of hydrogen-bond donors (Lipinski definition) is 2. The summed E-state index contributed by atoms with van der Waals surface area (Å²) in [7, 11) is 2.04. The van der Waals surface area contributed by atoms with Crippen molar-refractivity contribution in [3.63, 3.8) is 0 Å². The van der Waals surface area contributed by atoms with Crippen molar-refractivity contribution in [1.82, 2.24) is 9.47 Å². The molecule has 0 saturated carbocycles. The van der Waals surface area contributed by atoms with Crippen LogP contribution in [-0.4, -0.2) is 43.4 Å². The second-order valence-corrected chi connectivity index (χ2v) is 4.47. The third kappa shape index (κ3) is 1.83. The van der Waals surface area contributed by atoms with E-state index in [2.05, 4.69) is 4.98 Å². The van der Waals surface area contributed by atoms with Crippen LogP contribution in [0.3, 0.4) is 0 Å². The van der Waals surface area contributed by atoms with Gasteiger partial charge < -0.3 is 9.84 Å². The Morgan fingerprint density at radius 3 is 2.62 bits per heavy atom. The summed E-state index contributed by atoms with van der Waals surface area (Å²) in [5, 5.41) is 9.88. The van der Waals surface area contributed by atoms with Crippen molar-refractivity contribution in [3.8, 4) is 5.88 Å². The van der Waals surface area contributed by atoms with Crippen LogP contribution in [-0.2, 0) is 4.74 Å². The number of aromatic nitrogens is 1. The summed E-state index contributed by atoms with van der Waals surface area (Å²) in [6.45, 7) is 4.81. The van der Waals surface area contributed by atoms with Gasteiger partial charge in [-0.3, -0.25) is 14.3 Å². The molecule has 1 saturated heterocycles. The summed E-state index contributed by atoms with van der Waals surface area (Å²) in [4.78, 5) is 13.6. The number of quaternary nitrogens is 1. The number of aryl methyl sites for hydroxylation is 1. The van der Waals surface area contributed by atoms with Crippen molar-refractivity contribution in [2.24, 2.45) is 0 Å². The zero-order valence-electron chi connectivity index (χ0n) is 9.62. The molecule has 0 bridgehead atoms. The third-order valence-corrected chi connectivity index (χ3v) is 3.19. The predicted molar refractivity (Wildman–Crippen MR) is 61.7 cm³/mol. The first-order valence-electron chi connectivity index (χ1n) is 5.39. The summed E-state index contributed by atoms with van der Waals surface area (Å²) in [5.41, 5.74) is 1.35. The van der Waals surface area contributed by atoms with Gasteiger partial charge in [0, 0.05) is 11.6 Å². The van der Waals surface area contributed by atoms with E-state index < -0.39 is 0 Å². The highest BCUT2D eigenvalue weighted by atomic mass is 16.5. The van der Waals surface area contributed by atoms with Crippen LogP contribution >= 0.6 is 0 Å². The van der Waals surface area contributed by atoms with Crippen LogP contribution in [0.1, 0.15) is 5.56 Å². The van der Waals surface area contributed by atoms with Crippen molar-refractivity contribution < 1.29 is 9.84 Å². The molecule has 1 aliphatic rings. The maximum atomic E-state index is 11.2. The fourth-order valence-corrected chi connectivity index (χ4v) is 2.31. The largest absolute Gasteiger partial charge is 0.490 e. The van der Waals surface area contributed by atoms with Gasteiger partial charge in [-0.1, -0.05) is 0 Å². The quantitative estimate of drug-likeness (QED) is 0.678. The molecule has 0 spiro atoms. The van der Waals surface area contributed by atoms with Crippen molar-refractivity contribution in [2.45, 2.75) is 6.92 Å². The fourth-order valence-electron chi connectivity index (χ4n) is 2.31. The molecule has 2 N–H and O–H groups in total. The van der Waals surface area contributed by atoms with Crippen LogP contribution in [0.4, 0.5) is 5.69 Å².